The predicted molar refractivity (Wildman–Crippen MR) is 121 cm³/mol. The molecule has 0 fully saturated rings. The summed E-state index contributed by atoms with van der Waals surface area (Å²) >= 11 is 0. The van der Waals surface area contributed by atoms with Gasteiger partial charge in [-0.2, -0.15) is 0 Å². The fourth-order valence-electron chi connectivity index (χ4n) is 3.51. The second-order valence-corrected chi connectivity index (χ2v) is 7.60. The van der Waals surface area contributed by atoms with Gasteiger partial charge < -0.3 is 13.9 Å². The van der Waals surface area contributed by atoms with Crippen molar-refractivity contribution in [3.8, 4) is 17.1 Å². The molecular weight excluding hydrogens is 414 g/mol. The van der Waals surface area contributed by atoms with Gasteiger partial charge in [-0.05, 0) is 43.0 Å². The molecule has 0 unspecified atom stereocenters. The van der Waals surface area contributed by atoms with Crippen molar-refractivity contribution in [3.63, 3.8) is 0 Å². The van der Waals surface area contributed by atoms with Crippen LogP contribution in [0.1, 0.15) is 38.2 Å². The van der Waals surface area contributed by atoms with Gasteiger partial charge in [-0.25, -0.2) is 13.6 Å². The fraction of sp³-hybridized carbons (Fsp3) is 0.346. The molecule has 0 spiro atoms. The van der Waals surface area contributed by atoms with Crippen LogP contribution in [0.2, 0.25) is 0 Å². The SMILES string of the molecule is C=CC(=O)OCCCC(F)(F)CCCOc1ccc2cc(-c3ccccc3CC)oc2c1. The van der Waals surface area contributed by atoms with Gasteiger partial charge in [-0.15, -0.1) is 0 Å². The maximum Gasteiger partial charge on any atom is 0.330 e. The van der Waals surface area contributed by atoms with E-state index in [-0.39, 0.29) is 38.9 Å². The first kappa shape index (κ1) is 23.5. The van der Waals surface area contributed by atoms with Crippen molar-refractivity contribution >= 4 is 16.9 Å². The molecule has 2 aromatic carbocycles. The zero-order chi connectivity index (χ0) is 23.0. The van der Waals surface area contributed by atoms with Gasteiger partial charge in [-0.3, -0.25) is 0 Å². The lowest BCUT2D eigenvalue weighted by Gasteiger charge is -2.16. The molecule has 6 heteroatoms. The highest BCUT2D eigenvalue weighted by Crippen LogP contribution is 2.32. The summed E-state index contributed by atoms with van der Waals surface area (Å²) in [4.78, 5) is 10.9. The topological polar surface area (TPSA) is 48.7 Å². The van der Waals surface area contributed by atoms with E-state index in [2.05, 4.69) is 19.6 Å². The van der Waals surface area contributed by atoms with Crippen LogP contribution in [0.3, 0.4) is 0 Å². The Morgan fingerprint density at radius 3 is 2.59 bits per heavy atom. The van der Waals surface area contributed by atoms with Crippen LogP contribution in [-0.2, 0) is 16.0 Å². The highest BCUT2D eigenvalue weighted by atomic mass is 19.3. The number of hydrogen-bond acceptors (Lipinski definition) is 4. The Bertz CT molecular complexity index is 1050. The van der Waals surface area contributed by atoms with Gasteiger partial charge >= 0.3 is 5.97 Å². The maximum absolute atomic E-state index is 14.0. The molecule has 0 N–H and O–H groups in total. The lowest BCUT2D eigenvalue weighted by atomic mass is 10.0. The van der Waals surface area contributed by atoms with Crippen molar-refractivity contribution in [3.05, 3.63) is 66.7 Å². The molecule has 0 radical (unpaired) electrons. The van der Waals surface area contributed by atoms with Crippen LogP contribution in [0.4, 0.5) is 8.78 Å². The molecule has 0 atom stereocenters. The predicted octanol–water partition coefficient (Wildman–Crippen LogP) is 6.97. The number of benzene rings is 2. The number of furan rings is 1. The minimum absolute atomic E-state index is 0.0369. The number of carbonyl (C=O) groups excluding carboxylic acids is 1. The molecule has 0 saturated carbocycles. The van der Waals surface area contributed by atoms with Crippen molar-refractivity contribution in [1.29, 1.82) is 0 Å². The highest BCUT2D eigenvalue weighted by Gasteiger charge is 2.27. The summed E-state index contributed by atoms with van der Waals surface area (Å²) in [6, 6.07) is 15.6. The Hall–Kier alpha value is -3.15. The van der Waals surface area contributed by atoms with Crippen LogP contribution in [0.15, 0.2) is 65.6 Å². The van der Waals surface area contributed by atoms with Crippen molar-refractivity contribution < 1.29 is 27.5 Å². The van der Waals surface area contributed by atoms with Crippen LogP contribution in [0.25, 0.3) is 22.3 Å². The molecule has 1 aromatic heterocycles. The van der Waals surface area contributed by atoms with Crippen LogP contribution in [0.5, 0.6) is 5.75 Å². The lowest BCUT2D eigenvalue weighted by molar-refractivity contribution is -0.138. The van der Waals surface area contributed by atoms with Crippen LogP contribution >= 0.6 is 0 Å². The number of ether oxygens (including phenoxy) is 2. The summed E-state index contributed by atoms with van der Waals surface area (Å²) in [6.07, 6.45) is 1.62. The molecule has 0 aliphatic carbocycles. The standard InChI is InChI=1S/C26H28F2O4/c1-3-19-9-5-6-10-22(19)24-17-20-11-12-21(18-23(20)32-24)30-15-7-13-26(27,28)14-8-16-31-25(29)4-2/h4-6,9-12,17-18H,2-3,7-8,13-16H2,1H3. The fourth-order valence-corrected chi connectivity index (χ4v) is 3.51. The van der Waals surface area contributed by atoms with Gasteiger partial charge in [0.2, 0.25) is 5.92 Å². The number of rotatable bonds is 12. The number of aryl methyl sites for hydroxylation is 1. The van der Waals surface area contributed by atoms with Crippen molar-refractivity contribution in [2.24, 2.45) is 0 Å². The van der Waals surface area contributed by atoms with E-state index in [1.54, 1.807) is 6.07 Å². The lowest BCUT2D eigenvalue weighted by Crippen LogP contribution is -2.18. The van der Waals surface area contributed by atoms with Crippen LogP contribution < -0.4 is 4.74 Å². The number of halogens is 2. The Morgan fingerprint density at radius 1 is 1.09 bits per heavy atom. The zero-order valence-electron chi connectivity index (χ0n) is 18.2. The van der Waals surface area contributed by atoms with Gasteiger partial charge in [0.1, 0.15) is 17.1 Å². The van der Waals surface area contributed by atoms with Crippen molar-refractivity contribution in [2.45, 2.75) is 45.0 Å². The molecule has 1 heterocycles. The van der Waals surface area contributed by atoms with Crippen LogP contribution in [0, 0.1) is 0 Å². The molecule has 0 aliphatic rings. The molecule has 0 aliphatic heterocycles. The third-order valence-corrected chi connectivity index (χ3v) is 5.21. The van der Waals surface area contributed by atoms with Crippen LogP contribution in [-0.4, -0.2) is 25.1 Å². The summed E-state index contributed by atoms with van der Waals surface area (Å²) in [5.74, 6) is -2.04. The Balaban J connectivity index is 1.50. The number of carbonyl (C=O) groups is 1. The Kier molecular flexibility index (Phi) is 8.03. The summed E-state index contributed by atoms with van der Waals surface area (Å²) in [5.41, 5.74) is 2.97. The minimum Gasteiger partial charge on any atom is -0.493 e. The molecule has 0 saturated heterocycles. The van der Waals surface area contributed by atoms with E-state index in [0.29, 0.717) is 11.3 Å². The van der Waals surface area contributed by atoms with E-state index in [1.807, 2.05) is 36.4 Å². The summed E-state index contributed by atoms with van der Waals surface area (Å²) < 4.78 is 44.3. The number of hydrogen-bond donors (Lipinski definition) is 0. The molecule has 4 nitrogen and oxygen atoms in total. The second kappa shape index (κ2) is 10.9. The van der Waals surface area contributed by atoms with Gasteiger partial charge in [0.05, 0.1) is 13.2 Å². The average Bonchev–Trinajstić information content (AvgIpc) is 3.22. The molecule has 0 bridgehead atoms. The number of esters is 1. The molecular formula is C26H28F2O4. The first-order chi connectivity index (χ1) is 15.4. The van der Waals surface area contributed by atoms with Crippen molar-refractivity contribution in [1.82, 2.24) is 0 Å². The van der Waals surface area contributed by atoms with E-state index in [1.165, 1.54) is 5.56 Å². The largest absolute Gasteiger partial charge is 0.493 e. The summed E-state index contributed by atoms with van der Waals surface area (Å²) in [6.45, 7) is 5.51. The Labute approximate surface area is 186 Å². The van der Waals surface area contributed by atoms with Crippen molar-refractivity contribution in [2.75, 3.05) is 13.2 Å². The Morgan fingerprint density at radius 2 is 1.84 bits per heavy atom. The van der Waals surface area contributed by atoms with E-state index in [4.69, 9.17) is 13.9 Å². The molecule has 3 rings (SSSR count). The van der Waals surface area contributed by atoms with Gasteiger partial charge in [0.25, 0.3) is 0 Å². The van der Waals surface area contributed by atoms with E-state index in [0.717, 1.165) is 29.2 Å². The third kappa shape index (κ3) is 6.42. The smallest absolute Gasteiger partial charge is 0.330 e. The second-order valence-electron chi connectivity index (χ2n) is 7.60. The first-order valence-electron chi connectivity index (χ1n) is 10.8. The average molecular weight is 443 g/mol. The van der Waals surface area contributed by atoms with E-state index < -0.39 is 11.9 Å². The third-order valence-electron chi connectivity index (χ3n) is 5.21. The molecule has 170 valence electrons. The van der Waals surface area contributed by atoms with E-state index >= 15 is 0 Å². The summed E-state index contributed by atoms with van der Waals surface area (Å²) in [5, 5.41) is 0.960. The van der Waals surface area contributed by atoms with Gasteiger partial charge in [0.15, 0.2) is 0 Å². The molecule has 32 heavy (non-hydrogen) atoms. The monoisotopic (exact) mass is 442 g/mol. The normalized spacial score (nSPS) is 11.5. The quantitative estimate of drug-likeness (QED) is 0.173. The number of alkyl halides is 2. The zero-order valence-corrected chi connectivity index (χ0v) is 18.2. The van der Waals surface area contributed by atoms with Gasteiger partial charge in [0, 0.05) is 35.9 Å². The van der Waals surface area contributed by atoms with E-state index in [9.17, 15) is 13.6 Å². The first-order valence-corrected chi connectivity index (χ1v) is 10.8. The van der Waals surface area contributed by atoms with Gasteiger partial charge in [-0.1, -0.05) is 37.8 Å². The molecule has 0 amide bonds. The molecule has 3 aromatic rings. The summed E-state index contributed by atoms with van der Waals surface area (Å²) in [7, 11) is 0. The highest BCUT2D eigenvalue weighted by molar-refractivity contribution is 5.84. The number of fused-ring (bicyclic) bond motifs is 1. The minimum atomic E-state index is -2.82. The maximum atomic E-state index is 14.0.